The highest BCUT2D eigenvalue weighted by atomic mass is 32.1. The van der Waals surface area contributed by atoms with E-state index in [1.807, 2.05) is 12.3 Å². The van der Waals surface area contributed by atoms with Gasteiger partial charge in [0, 0.05) is 31.2 Å². The number of aliphatic imine (C=N–C) groups is 1. The fourth-order valence-electron chi connectivity index (χ4n) is 3.14. The summed E-state index contributed by atoms with van der Waals surface area (Å²) in [6.45, 7) is 1.81. The van der Waals surface area contributed by atoms with E-state index in [0.29, 0.717) is 11.4 Å². The maximum Gasteiger partial charge on any atom is 0.231 e. The Balaban J connectivity index is 1.53. The molecule has 3 aromatic rings. The number of guanidine groups is 1. The van der Waals surface area contributed by atoms with Crippen LogP contribution < -0.4 is 5.73 Å². The van der Waals surface area contributed by atoms with Crippen molar-refractivity contribution in [1.29, 1.82) is 0 Å². The van der Waals surface area contributed by atoms with Crippen molar-refractivity contribution in [2.75, 3.05) is 7.05 Å². The Labute approximate surface area is 176 Å². The number of nitrogens with two attached hydrogens (primary N) is 1. The average molecular weight is 421 g/mol. The van der Waals surface area contributed by atoms with Crippen molar-refractivity contribution < 1.29 is 9.59 Å². The van der Waals surface area contributed by atoms with Crippen molar-refractivity contribution >= 4 is 29.0 Å². The van der Waals surface area contributed by atoms with Gasteiger partial charge < -0.3 is 5.73 Å². The molecule has 0 aromatic carbocycles. The molecular weight excluding hydrogens is 402 g/mol. The Kier molecular flexibility index (Phi) is 5.08. The second-order valence-corrected chi connectivity index (χ2v) is 8.04. The molecule has 0 bridgehead atoms. The Morgan fingerprint density at radius 2 is 2.07 bits per heavy atom. The van der Waals surface area contributed by atoms with Crippen LogP contribution in [0.4, 0.5) is 0 Å². The maximum atomic E-state index is 12.7. The van der Waals surface area contributed by atoms with Crippen LogP contribution in [0.5, 0.6) is 0 Å². The molecule has 0 saturated heterocycles. The number of carbonyl (C=O) groups excluding carboxylic acids is 2. The Morgan fingerprint density at radius 3 is 2.73 bits per heavy atom. The van der Waals surface area contributed by atoms with Gasteiger partial charge in [-0.15, -0.1) is 11.3 Å². The summed E-state index contributed by atoms with van der Waals surface area (Å²) >= 11 is 1.46. The van der Waals surface area contributed by atoms with Crippen LogP contribution in [0.1, 0.15) is 35.1 Å². The molecule has 9 nitrogen and oxygen atoms in total. The molecule has 1 unspecified atom stereocenters. The largest absolute Gasteiger partial charge is 0.369 e. The first kappa shape index (κ1) is 19.8. The van der Waals surface area contributed by atoms with Crippen molar-refractivity contribution in [2.24, 2.45) is 10.7 Å². The zero-order valence-corrected chi connectivity index (χ0v) is 17.3. The minimum absolute atomic E-state index is 0.129. The van der Waals surface area contributed by atoms with Crippen LogP contribution in [0.2, 0.25) is 0 Å². The summed E-state index contributed by atoms with van der Waals surface area (Å²) in [6, 6.07) is 3.54. The van der Waals surface area contributed by atoms with Gasteiger partial charge in [0.15, 0.2) is 11.7 Å². The summed E-state index contributed by atoms with van der Waals surface area (Å²) in [5.41, 5.74) is 7.24. The van der Waals surface area contributed by atoms with Gasteiger partial charge in [0.2, 0.25) is 5.91 Å². The SMILES string of the molecule is CN1C(=O)CC(C)(c2cc(CC(=O)c3cnc(-c4nccs4)cn3)ccn2)N=C1N. The molecule has 152 valence electrons. The van der Waals surface area contributed by atoms with Crippen molar-refractivity contribution in [3.63, 3.8) is 0 Å². The Bertz CT molecular complexity index is 1130. The first-order valence-corrected chi connectivity index (χ1v) is 10.1. The highest BCUT2D eigenvalue weighted by Crippen LogP contribution is 2.32. The molecule has 0 spiro atoms. The highest BCUT2D eigenvalue weighted by Gasteiger charge is 2.37. The predicted octanol–water partition coefficient (Wildman–Crippen LogP) is 1.81. The molecule has 10 heteroatoms. The number of aromatic nitrogens is 4. The lowest BCUT2D eigenvalue weighted by Gasteiger charge is -2.32. The van der Waals surface area contributed by atoms with Gasteiger partial charge in [0.05, 0.1) is 24.5 Å². The molecule has 4 rings (SSSR count). The van der Waals surface area contributed by atoms with Crippen LogP contribution in [0.3, 0.4) is 0 Å². The molecule has 1 atom stereocenters. The van der Waals surface area contributed by atoms with Crippen molar-refractivity contribution in [3.05, 3.63) is 59.3 Å². The fourth-order valence-corrected chi connectivity index (χ4v) is 3.74. The maximum absolute atomic E-state index is 12.7. The molecule has 1 aliphatic rings. The number of hydrogen-bond acceptors (Lipinski definition) is 9. The third kappa shape index (κ3) is 3.81. The molecule has 1 amide bonds. The zero-order valence-electron chi connectivity index (χ0n) is 16.4. The number of pyridine rings is 1. The summed E-state index contributed by atoms with van der Waals surface area (Å²) < 4.78 is 0. The third-order valence-electron chi connectivity index (χ3n) is 4.90. The molecular formula is C20H19N7O2S. The van der Waals surface area contributed by atoms with Crippen molar-refractivity contribution in [3.8, 4) is 10.7 Å². The van der Waals surface area contributed by atoms with Crippen LogP contribution in [0.15, 0.2) is 47.3 Å². The standard InChI is InChI=1S/C20H19N7O2S/c1-20(9-17(29)27(2)19(21)26-20)16-8-12(3-4-22-16)7-15(28)13-10-25-14(11-24-13)18-23-5-6-30-18/h3-6,8,10-11H,7,9H2,1-2H3,(H2,21,26). The second-order valence-electron chi connectivity index (χ2n) is 7.15. The van der Waals surface area contributed by atoms with E-state index in [1.54, 1.807) is 37.8 Å². The monoisotopic (exact) mass is 421 g/mol. The number of thiazole rings is 1. The lowest BCUT2D eigenvalue weighted by molar-refractivity contribution is -0.128. The minimum Gasteiger partial charge on any atom is -0.369 e. The molecule has 0 aliphatic carbocycles. The van der Waals surface area contributed by atoms with Gasteiger partial charge in [-0.25, -0.2) is 19.9 Å². The van der Waals surface area contributed by atoms with E-state index in [2.05, 4.69) is 24.9 Å². The van der Waals surface area contributed by atoms with Crippen LogP contribution >= 0.6 is 11.3 Å². The molecule has 1 aliphatic heterocycles. The van der Waals surface area contributed by atoms with Crippen molar-refractivity contribution in [1.82, 2.24) is 24.8 Å². The van der Waals surface area contributed by atoms with Gasteiger partial charge in [-0.05, 0) is 24.6 Å². The van der Waals surface area contributed by atoms with Crippen LogP contribution in [-0.4, -0.2) is 49.5 Å². The van der Waals surface area contributed by atoms with Crippen LogP contribution in [-0.2, 0) is 16.8 Å². The molecule has 2 N–H and O–H groups in total. The first-order valence-electron chi connectivity index (χ1n) is 9.18. The molecule has 4 heterocycles. The Hall–Kier alpha value is -3.53. The molecule has 30 heavy (non-hydrogen) atoms. The second kappa shape index (κ2) is 7.71. The number of rotatable bonds is 5. The summed E-state index contributed by atoms with van der Waals surface area (Å²) in [5, 5.41) is 2.61. The molecule has 0 saturated carbocycles. The van der Waals surface area contributed by atoms with Crippen LogP contribution in [0.25, 0.3) is 10.7 Å². The smallest absolute Gasteiger partial charge is 0.231 e. The van der Waals surface area contributed by atoms with Gasteiger partial charge >= 0.3 is 0 Å². The number of Topliss-reactive ketones (excluding diaryl/α,β-unsaturated/α-hetero) is 1. The lowest BCUT2D eigenvalue weighted by atomic mass is 9.90. The number of nitrogens with zero attached hydrogens (tertiary/aromatic N) is 6. The van der Waals surface area contributed by atoms with Crippen molar-refractivity contribution in [2.45, 2.75) is 25.3 Å². The molecule has 3 aromatic heterocycles. The number of ketones is 1. The Morgan fingerprint density at radius 1 is 1.23 bits per heavy atom. The minimum atomic E-state index is -0.873. The molecule has 0 radical (unpaired) electrons. The summed E-state index contributed by atoms with van der Waals surface area (Å²) in [6.07, 6.45) is 6.59. The van der Waals surface area contributed by atoms with E-state index in [4.69, 9.17) is 5.73 Å². The van der Waals surface area contributed by atoms with E-state index < -0.39 is 5.54 Å². The topological polar surface area (TPSA) is 127 Å². The third-order valence-corrected chi connectivity index (χ3v) is 5.70. The number of hydrogen-bond donors (Lipinski definition) is 1. The van der Waals surface area contributed by atoms with E-state index in [1.165, 1.54) is 22.4 Å². The van der Waals surface area contributed by atoms with E-state index >= 15 is 0 Å². The highest BCUT2D eigenvalue weighted by molar-refractivity contribution is 7.13. The molecule has 0 fully saturated rings. The van der Waals surface area contributed by atoms with Gasteiger partial charge in [-0.3, -0.25) is 19.5 Å². The number of carbonyl (C=O) groups is 2. The van der Waals surface area contributed by atoms with E-state index in [0.717, 1.165) is 10.6 Å². The van der Waals surface area contributed by atoms with Crippen LogP contribution in [0, 0.1) is 0 Å². The summed E-state index contributed by atoms with van der Waals surface area (Å²) in [7, 11) is 1.59. The van der Waals surface area contributed by atoms with Gasteiger partial charge in [-0.1, -0.05) is 0 Å². The lowest BCUT2D eigenvalue weighted by Crippen LogP contribution is -2.47. The van der Waals surface area contributed by atoms with E-state index in [9.17, 15) is 9.59 Å². The number of amides is 1. The summed E-state index contributed by atoms with van der Waals surface area (Å²) in [5.74, 6) is -0.158. The van der Waals surface area contributed by atoms with E-state index in [-0.39, 0.29) is 36.2 Å². The fraction of sp³-hybridized carbons (Fsp3) is 0.250. The first-order chi connectivity index (χ1) is 14.4. The quantitative estimate of drug-likeness (QED) is 0.622. The summed E-state index contributed by atoms with van der Waals surface area (Å²) in [4.78, 5) is 47.8. The van der Waals surface area contributed by atoms with Gasteiger partial charge in [0.25, 0.3) is 0 Å². The predicted molar refractivity (Wildman–Crippen MR) is 112 cm³/mol. The average Bonchev–Trinajstić information content (AvgIpc) is 3.27. The van der Waals surface area contributed by atoms with Gasteiger partial charge in [-0.2, -0.15) is 0 Å². The zero-order chi connectivity index (χ0) is 21.3. The normalized spacial score (nSPS) is 18.9. The van der Waals surface area contributed by atoms with Gasteiger partial charge in [0.1, 0.15) is 21.9 Å².